The van der Waals surface area contributed by atoms with E-state index in [1.807, 2.05) is 6.08 Å². The third-order valence-electron chi connectivity index (χ3n) is 9.15. The summed E-state index contributed by atoms with van der Waals surface area (Å²) in [6.45, 7) is 4.72. The van der Waals surface area contributed by atoms with Gasteiger partial charge in [0.2, 0.25) is 0 Å². The van der Waals surface area contributed by atoms with E-state index in [2.05, 4.69) is 38.1 Å². The number of aliphatic hydroxyl groups excluding tert-OH is 2. The van der Waals surface area contributed by atoms with Crippen LogP contribution in [0.3, 0.4) is 0 Å². The monoisotopic (exact) mass is 420 g/mol. The molecule has 0 heterocycles. The normalized spacial score (nSPS) is 35.9. The topological polar surface area (TPSA) is 57.5 Å². The van der Waals surface area contributed by atoms with Crippen molar-refractivity contribution in [1.29, 1.82) is 0 Å². The number of fused-ring (bicyclic) bond motifs is 4. The highest BCUT2D eigenvalue weighted by Crippen LogP contribution is 2.63. The SMILES string of the molecule is CC(CCO)c1ccc(C2CC3(C)C(O)CCC3C3CCC4=CC(=O)CCC4=C23)cc1. The zero-order valence-corrected chi connectivity index (χ0v) is 18.9. The summed E-state index contributed by atoms with van der Waals surface area (Å²) in [4.78, 5) is 12.1. The van der Waals surface area contributed by atoms with E-state index in [9.17, 15) is 15.0 Å². The van der Waals surface area contributed by atoms with Crippen LogP contribution in [0.25, 0.3) is 0 Å². The van der Waals surface area contributed by atoms with Gasteiger partial charge in [-0.2, -0.15) is 0 Å². The van der Waals surface area contributed by atoms with Crippen molar-refractivity contribution in [2.24, 2.45) is 17.3 Å². The van der Waals surface area contributed by atoms with Gasteiger partial charge in [-0.1, -0.05) is 43.7 Å². The van der Waals surface area contributed by atoms with Crippen molar-refractivity contribution in [1.82, 2.24) is 0 Å². The predicted molar refractivity (Wildman–Crippen MR) is 123 cm³/mol. The number of rotatable bonds is 4. The first-order valence-electron chi connectivity index (χ1n) is 12.3. The van der Waals surface area contributed by atoms with E-state index in [0.29, 0.717) is 30.1 Å². The minimum absolute atomic E-state index is 0.0199. The molecule has 0 spiro atoms. The molecule has 0 aliphatic heterocycles. The van der Waals surface area contributed by atoms with Crippen LogP contribution in [0, 0.1) is 17.3 Å². The van der Waals surface area contributed by atoms with Crippen LogP contribution in [0.4, 0.5) is 0 Å². The molecule has 31 heavy (non-hydrogen) atoms. The number of hydrogen-bond donors (Lipinski definition) is 2. The smallest absolute Gasteiger partial charge is 0.156 e. The number of carbonyl (C=O) groups excluding carboxylic acids is 1. The van der Waals surface area contributed by atoms with Gasteiger partial charge in [-0.25, -0.2) is 0 Å². The molecule has 5 rings (SSSR count). The van der Waals surface area contributed by atoms with Crippen molar-refractivity contribution in [3.63, 3.8) is 0 Å². The first-order valence-corrected chi connectivity index (χ1v) is 12.3. The van der Waals surface area contributed by atoms with Crippen LogP contribution in [-0.4, -0.2) is 28.7 Å². The Morgan fingerprint density at radius 1 is 1.10 bits per heavy atom. The Labute approximate surface area is 186 Å². The fourth-order valence-corrected chi connectivity index (χ4v) is 7.35. The maximum atomic E-state index is 12.1. The fourth-order valence-electron chi connectivity index (χ4n) is 7.35. The van der Waals surface area contributed by atoms with Crippen molar-refractivity contribution >= 4 is 5.78 Å². The predicted octanol–water partition coefficient (Wildman–Crippen LogP) is 5.43. The Morgan fingerprint density at radius 3 is 2.61 bits per heavy atom. The Hall–Kier alpha value is -1.71. The lowest BCUT2D eigenvalue weighted by molar-refractivity contribution is -0.114. The van der Waals surface area contributed by atoms with Crippen LogP contribution in [0.5, 0.6) is 0 Å². The summed E-state index contributed by atoms with van der Waals surface area (Å²) in [5.41, 5.74) is 6.97. The summed E-state index contributed by atoms with van der Waals surface area (Å²) >= 11 is 0. The van der Waals surface area contributed by atoms with Gasteiger partial charge in [0.1, 0.15) is 0 Å². The number of benzene rings is 1. The summed E-state index contributed by atoms with van der Waals surface area (Å²) in [5, 5.41) is 20.3. The molecular weight excluding hydrogens is 384 g/mol. The molecule has 6 unspecified atom stereocenters. The molecule has 2 N–H and O–H groups in total. The van der Waals surface area contributed by atoms with Gasteiger partial charge in [0.05, 0.1) is 6.10 Å². The Bertz CT molecular complexity index is 924. The van der Waals surface area contributed by atoms with Crippen LogP contribution in [0.1, 0.15) is 88.2 Å². The molecule has 2 saturated carbocycles. The van der Waals surface area contributed by atoms with Gasteiger partial charge in [-0.05, 0) is 96.5 Å². The lowest BCUT2D eigenvalue weighted by Crippen LogP contribution is -2.45. The van der Waals surface area contributed by atoms with Crippen molar-refractivity contribution < 1.29 is 15.0 Å². The maximum Gasteiger partial charge on any atom is 0.156 e. The molecular formula is C28H36O3. The molecule has 2 fully saturated rings. The standard InChI is InChI=1S/C28H36O3/c1-17(13-14-29)18-3-5-19(6-4-18)24-16-28(2)25(11-12-26(28)31)23-9-7-20-15-21(30)8-10-22(20)27(23)24/h3-6,15,17,23-26,29,31H,7-14,16H2,1-2H3. The van der Waals surface area contributed by atoms with Crippen LogP contribution in [-0.2, 0) is 4.79 Å². The van der Waals surface area contributed by atoms with Gasteiger partial charge in [-0.3, -0.25) is 4.79 Å². The summed E-state index contributed by atoms with van der Waals surface area (Å²) in [6.07, 6.45) is 9.22. The molecule has 1 aromatic carbocycles. The van der Waals surface area contributed by atoms with E-state index in [-0.39, 0.29) is 23.9 Å². The van der Waals surface area contributed by atoms with Crippen molar-refractivity contribution in [3.8, 4) is 0 Å². The number of hydrogen-bond acceptors (Lipinski definition) is 3. The first kappa shape index (κ1) is 21.2. The van der Waals surface area contributed by atoms with Crippen LogP contribution >= 0.6 is 0 Å². The third kappa shape index (κ3) is 3.45. The number of ketones is 1. The van der Waals surface area contributed by atoms with Gasteiger partial charge in [0.25, 0.3) is 0 Å². The number of allylic oxidation sites excluding steroid dienone is 4. The second-order valence-electron chi connectivity index (χ2n) is 10.8. The van der Waals surface area contributed by atoms with E-state index in [4.69, 9.17) is 0 Å². The van der Waals surface area contributed by atoms with Crippen LogP contribution < -0.4 is 0 Å². The second kappa shape index (κ2) is 8.01. The lowest BCUT2D eigenvalue weighted by atomic mass is 9.53. The molecule has 4 aliphatic carbocycles. The van der Waals surface area contributed by atoms with E-state index >= 15 is 0 Å². The summed E-state index contributed by atoms with van der Waals surface area (Å²) in [5.74, 6) is 2.06. The molecule has 0 bridgehead atoms. The average molecular weight is 421 g/mol. The van der Waals surface area contributed by atoms with Crippen LogP contribution in [0.2, 0.25) is 0 Å². The highest BCUT2D eigenvalue weighted by Gasteiger charge is 2.56. The van der Waals surface area contributed by atoms with Gasteiger partial charge in [0, 0.05) is 18.9 Å². The number of aliphatic hydroxyl groups is 2. The largest absolute Gasteiger partial charge is 0.396 e. The first-order chi connectivity index (χ1) is 14.9. The van der Waals surface area contributed by atoms with Gasteiger partial charge >= 0.3 is 0 Å². The van der Waals surface area contributed by atoms with Crippen LogP contribution in [0.15, 0.2) is 47.1 Å². The zero-order chi connectivity index (χ0) is 21.8. The molecule has 3 heteroatoms. The van der Waals surface area contributed by atoms with Gasteiger partial charge in [-0.15, -0.1) is 0 Å². The van der Waals surface area contributed by atoms with Gasteiger partial charge < -0.3 is 10.2 Å². The maximum absolute atomic E-state index is 12.1. The molecule has 1 aromatic rings. The molecule has 3 nitrogen and oxygen atoms in total. The molecule has 0 aromatic heterocycles. The molecule has 6 atom stereocenters. The highest BCUT2D eigenvalue weighted by molar-refractivity contribution is 5.93. The Balaban J connectivity index is 1.58. The van der Waals surface area contributed by atoms with Crippen molar-refractivity contribution in [3.05, 3.63) is 58.2 Å². The summed E-state index contributed by atoms with van der Waals surface area (Å²) in [6, 6.07) is 9.05. The number of carbonyl (C=O) groups is 1. The minimum atomic E-state index is -0.208. The third-order valence-corrected chi connectivity index (χ3v) is 9.15. The van der Waals surface area contributed by atoms with Crippen molar-refractivity contribution in [2.75, 3.05) is 6.61 Å². The molecule has 0 saturated heterocycles. The second-order valence-corrected chi connectivity index (χ2v) is 10.8. The average Bonchev–Trinajstić information content (AvgIpc) is 3.07. The van der Waals surface area contributed by atoms with E-state index in [0.717, 1.165) is 44.9 Å². The quantitative estimate of drug-likeness (QED) is 0.683. The summed E-state index contributed by atoms with van der Waals surface area (Å²) in [7, 11) is 0. The lowest BCUT2D eigenvalue weighted by Gasteiger charge is -2.52. The minimum Gasteiger partial charge on any atom is -0.396 e. The van der Waals surface area contributed by atoms with E-state index < -0.39 is 0 Å². The van der Waals surface area contributed by atoms with Crippen molar-refractivity contribution in [2.45, 2.75) is 83.2 Å². The molecule has 0 amide bonds. The molecule has 4 aliphatic rings. The highest BCUT2D eigenvalue weighted by atomic mass is 16.3. The Morgan fingerprint density at radius 2 is 1.87 bits per heavy atom. The van der Waals surface area contributed by atoms with E-state index in [1.54, 1.807) is 5.57 Å². The van der Waals surface area contributed by atoms with Gasteiger partial charge in [0.15, 0.2) is 5.78 Å². The summed E-state index contributed by atoms with van der Waals surface area (Å²) < 4.78 is 0. The zero-order valence-electron chi connectivity index (χ0n) is 18.9. The Kier molecular flexibility index (Phi) is 5.46. The molecule has 0 radical (unpaired) electrons. The van der Waals surface area contributed by atoms with E-state index in [1.165, 1.54) is 22.3 Å². The molecule has 166 valence electrons. The fraction of sp³-hybridized carbons (Fsp3) is 0.607.